The maximum absolute atomic E-state index is 5.99. The second-order valence-corrected chi connectivity index (χ2v) is 8.78. The van der Waals surface area contributed by atoms with E-state index in [-0.39, 0.29) is 0 Å². The molecular weight excluding hydrogens is 308 g/mol. The van der Waals surface area contributed by atoms with Crippen molar-refractivity contribution >= 4 is 0 Å². The summed E-state index contributed by atoms with van der Waals surface area (Å²) in [6.45, 7) is 9.52. The first kappa shape index (κ1) is 21.1. The molecule has 4 nitrogen and oxygen atoms in total. The molecule has 4 aliphatic heterocycles. The number of hydrogen-bond acceptors (Lipinski definition) is 4. The Morgan fingerprint density at radius 3 is 1.68 bits per heavy atom. The first-order chi connectivity index (χ1) is 12.0. The van der Waals surface area contributed by atoms with E-state index in [1.54, 1.807) is 0 Å². The van der Waals surface area contributed by atoms with E-state index in [0.29, 0.717) is 6.04 Å². The number of rotatable bonds is 2. The van der Waals surface area contributed by atoms with Crippen molar-refractivity contribution in [3.8, 4) is 0 Å². The molecule has 0 radical (unpaired) electrons. The fraction of sp³-hybridized carbons (Fsp3) is 1.00. The third kappa shape index (κ3) is 4.97. The standard InChI is InChI=1S/C10H20N2.C9H18N2.C2H6/c1-7(2)12-9-3-4-10(12)6-8(11)5-9;1-11-8-2-3-9(11)5-7(4-8)6-10;1-2/h7-10H,3-6,11H2,1-2H3;7-9H,2-6,10H2,1H3;1-2H3. The van der Waals surface area contributed by atoms with Crippen LogP contribution in [-0.4, -0.2) is 59.6 Å². The average Bonchev–Trinajstić information content (AvgIpc) is 2.98. The summed E-state index contributed by atoms with van der Waals surface area (Å²) in [4.78, 5) is 5.25. The number of fused-ring (bicyclic) bond motifs is 4. The lowest BCUT2D eigenvalue weighted by atomic mass is 9.91. The van der Waals surface area contributed by atoms with Crippen LogP contribution < -0.4 is 11.5 Å². The zero-order chi connectivity index (χ0) is 18.6. The molecule has 4 atom stereocenters. The molecule has 0 amide bonds. The van der Waals surface area contributed by atoms with Crippen molar-refractivity contribution in [3.63, 3.8) is 0 Å². The van der Waals surface area contributed by atoms with E-state index in [1.807, 2.05) is 13.8 Å². The van der Waals surface area contributed by atoms with E-state index in [4.69, 9.17) is 11.5 Å². The predicted molar refractivity (Wildman–Crippen MR) is 109 cm³/mol. The third-order valence-corrected chi connectivity index (χ3v) is 6.95. The first-order valence-corrected chi connectivity index (χ1v) is 10.9. The van der Waals surface area contributed by atoms with Gasteiger partial charge in [-0.25, -0.2) is 0 Å². The molecule has 4 N–H and O–H groups in total. The zero-order valence-corrected chi connectivity index (χ0v) is 17.5. The lowest BCUT2D eigenvalue weighted by molar-refractivity contribution is 0.0938. The second-order valence-electron chi connectivity index (χ2n) is 8.78. The Morgan fingerprint density at radius 1 is 0.840 bits per heavy atom. The van der Waals surface area contributed by atoms with Crippen LogP contribution in [0.3, 0.4) is 0 Å². The molecule has 0 aromatic rings. The summed E-state index contributed by atoms with van der Waals surface area (Å²) >= 11 is 0. The summed E-state index contributed by atoms with van der Waals surface area (Å²) < 4.78 is 0. The van der Waals surface area contributed by atoms with Gasteiger partial charge in [0.15, 0.2) is 0 Å². The van der Waals surface area contributed by atoms with Crippen molar-refractivity contribution in [2.75, 3.05) is 13.6 Å². The Morgan fingerprint density at radius 2 is 1.28 bits per heavy atom. The molecule has 148 valence electrons. The molecule has 0 aromatic heterocycles. The number of nitrogens with two attached hydrogens (primary N) is 2. The molecular formula is C21H44N4. The average molecular weight is 353 g/mol. The fourth-order valence-corrected chi connectivity index (χ4v) is 5.82. The largest absolute Gasteiger partial charge is 0.330 e. The number of hydrogen-bond donors (Lipinski definition) is 2. The molecule has 4 heterocycles. The lowest BCUT2D eigenvalue weighted by Crippen LogP contribution is -2.50. The molecule has 25 heavy (non-hydrogen) atoms. The molecule has 4 unspecified atom stereocenters. The van der Waals surface area contributed by atoms with Gasteiger partial charge in [-0.1, -0.05) is 13.8 Å². The van der Waals surface area contributed by atoms with E-state index < -0.39 is 0 Å². The number of piperidine rings is 2. The van der Waals surface area contributed by atoms with Crippen LogP contribution in [0.5, 0.6) is 0 Å². The van der Waals surface area contributed by atoms with Gasteiger partial charge in [0, 0.05) is 36.3 Å². The highest BCUT2D eigenvalue weighted by molar-refractivity contribution is 4.97. The van der Waals surface area contributed by atoms with Crippen LogP contribution in [0.25, 0.3) is 0 Å². The van der Waals surface area contributed by atoms with Gasteiger partial charge in [-0.3, -0.25) is 4.90 Å². The Kier molecular flexibility index (Phi) is 8.19. The van der Waals surface area contributed by atoms with Crippen LogP contribution in [0.1, 0.15) is 79.1 Å². The van der Waals surface area contributed by atoms with Gasteiger partial charge in [0.1, 0.15) is 0 Å². The highest BCUT2D eigenvalue weighted by Gasteiger charge is 2.40. The van der Waals surface area contributed by atoms with Crippen molar-refractivity contribution in [3.05, 3.63) is 0 Å². The summed E-state index contributed by atoms with van der Waals surface area (Å²) in [6, 6.07) is 4.54. The van der Waals surface area contributed by atoms with E-state index >= 15 is 0 Å². The monoisotopic (exact) mass is 352 g/mol. The van der Waals surface area contributed by atoms with E-state index in [0.717, 1.165) is 42.7 Å². The fourth-order valence-electron chi connectivity index (χ4n) is 5.82. The van der Waals surface area contributed by atoms with Gasteiger partial charge in [0.25, 0.3) is 0 Å². The second kappa shape index (κ2) is 9.68. The van der Waals surface area contributed by atoms with Crippen LogP contribution in [-0.2, 0) is 0 Å². The van der Waals surface area contributed by atoms with Crippen LogP contribution in [0.15, 0.2) is 0 Å². The number of nitrogens with zero attached hydrogens (tertiary/aromatic N) is 2. The van der Waals surface area contributed by atoms with Gasteiger partial charge in [0.2, 0.25) is 0 Å². The SMILES string of the molecule is CC.CC(C)N1C2CCC1CC(N)C2.CN1C2CCC1CC(CN)C2. The highest BCUT2D eigenvalue weighted by atomic mass is 15.2. The third-order valence-electron chi connectivity index (χ3n) is 6.95. The Hall–Kier alpha value is -0.160. The Balaban J connectivity index is 0.000000165. The minimum absolute atomic E-state index is 0.484. The Bertz CT molecular complexity index is 358. The smallest absolute Gasteiger partial charge is 0.0116 e. The zero-order valence-electron chi connectivity index (χ0n) is 17.5. The van der Waals surface area contributed by atoms with Crippen LogP contribution >= 0.6 is 0 Å². The minimum atomic E-state index is 0.484. The van der Waals surface area contributed by atoms with Gasteiger partial charge < -0.3 is 16.4 Å². The summed E-state index contributed by atoms with van der Waals surface area (Å²) in [7, 11) is 2.27. The molecule has 0 saturated carbocycles. The van der Waals surface area contributed by atoms with Gasteiger partial charge in [-0.2, -0.15) is 0 Å². The van der Waals surface area contributed by atoms with E-state index in [1.165, 1.54) is 51.4 Å². The van der Waals surface area contributed by atoms with Crippen molar-refractivity contribution in [2.45, 2.75) is 115 Å². The summed E-state index contributed by atoms with van der Waals surface area (Å²) in [6.07, 6.45) is 10.8. The molecule has 4 aliphatic rings. The molecule has 4 rings (SSSR count). The summed E-state index contributed by atoms with van der Waals surface area (Å²) in [5.41, 5.74) is 11.7. The maximum Gasteiger partial charge on any atom is 0.0116 e. The van der Waals surface area contributed by atoms with Crippen molar-refractivity contribution in [1.82, 2.24) is 9.80 Å². The van der Waals surface area contributed by atoms with Crippen LogP contribution in [0.2, 0.25) is 0 Å². The van der Waals surface area contributed by atoms with E-state index in [2.05, 4.69) is 30.7 Å². The summed E-state index contributed by atoms with van der Waals surface area (Å²) in [5.74, 6) is 0.823. The van der Waals surface area contributed by atoms with Crippen molar-refractivity contribution in [1.29, 1.82) is 0 Å². The maximum atomic E-state index is 5.99. The van der Waals surface area contributed by atoms with Gasteiger partial charge in [0.05, 0.1) is 0 Å². The van der Waals surface area contributed by atoms with Crippen LogP contribution in [0.4, 0.5) is 0 Å². The molecule has 0 aliphatic carbocycles. The molecule has 0 spiro atoms. The van der Waals surface area contributed by atoms with Gasteiger partial charge in [-0.05, 0) is 84.7 Å². The quantitative estimate of drug-likeness (QED) is 0.801. The topological polar surface area (TPSA) is 58.5 Å². The normalized spacial score (nSPS) is 40.3. The van der Waals surface area contributed by atoms with Gasteiger partial charge in [-0.15, -0.1) is 0 Å². The van der Waals surface area contributed by atoms with Crippen molar-refractivity contribution in [2.24, 2.45) is 17.4 Å². The molecule has 4 bridgehead atoms. The molecule has 4 saturated heterocycles. The molecule has 4 fully saturated rings. The minimum Gasteiger partial charge on any atom is -0.330 e. The first-order valence-electron chi connectivity index (χ1n) is 10.9. The predicted octanol–water partition coefficient (Wildman–Crippen LogP) is 3.19. The Labute approximate surface area is 156 Å². The lowest BCUT2D eigenvalue weighted by Gasteiger charge is -2.40. The highest BCUT2D eigenvalue weighted by Crippen LogP contribution is 2.37. The summed E-state index contributed by atoms with van der Waals surface area (Å²) in [5, 5.41) is 0. The van der Waals surface area contributed by atoms with Gasteiger partial charge >= 0.3 is 0 Å². The van der Waals surface area contributed by atoms with E-state index in [9.17, 15) is 0 Å². The van der Waals surface area contributed by atoms with Crippen LogP contribution in [0, 0.1) is 5.92 Å². The van der Waals surface area contributed by atoms with Crippen molar-refractivity contribution < 1.29 is 0 Å². The molecule has 4 heteroatoms. The molecule has 0 aromatic carbocycles.